The van der Waals surface area contributed by atoms with Crippen LogP contribution >= 0.6 is 0 Å². The van der Waals surface area contributed by atoms with Gasteiger partial charge in [-0.1, -0.05) is 43.0 Å². The zero-order chi connectivity index (χ0) is 12.4. The molecule has 0 heterocycles. The molecule has 2 heteroatoms. The molecule has 1 amide bonds. The Bertz CT molecular complexity index is 474. The van der Waals surface area contributed by atoms with Gasteiger partial charge in [0, 0.05) is 6.04 Å². The third-order valence-corrected chi connectivity index (χ3v) is 3.06. The maximum Gasteiger partial charge on any atom is 0.246 e. The molecule has 0 bridgehead atoms. The van der Waals surface area contributed by atoms with Crippen molar-refractivity contribution >= 4 is 12.0 Å². The Hall–Kier alpha value is -1.83. The van der Waals surface area contributed by atoms with Gasteiger partial charge in [-0.05, 0) is 31.1 Å². The smallest absolute Gasteiger partial charge is 0.246 e. The standard InChI is InChI=1S/C15H17NO/c1-4-15(17)16(11(2)3)14-10-9-12-7-5-6-8-13(12)14/h4-11,14H,1H2,2-3H3. The molecule has 1 aromatic rings. The fourth-order valence-electron chi connectivity index (χ4n) is 2.29. The molecule has 1 aromatic carbocycles. The maximum absolute atomic E-state index is 11.9. The summed E-state index contributed by atoms with van der Waals surface area (Å²) in [6, 6.07) is 8.36. The molecule has 17 heavy (non-hydrogen) atoms. The van der Waals surface area contributed by atoms with Gasteiger partial charge in [0.05, 0.1) is 6.04 Å². The quantitative estimate of drug-likeness (QED) is 0.726. The van der Waals surface area contributed by atoms with E-state index in [-0.39, 0.29) is 18.0 Å². The molecule has 2 rings (SSSR count). The molecule has 0 saturated carbocycles. The highest BCUT2D eigenvalue weighted by Crippen LogP contribution is 2.33. The summed E-state index contributed by atoms with van der Waals surface area (Å²) in [7, 11) is 0. The second-order valence-corrected chi connectivity index (χ2v) is 4.48. The monoisotopic (exact) mass is 227 g/mol. The van der Waals surface area contributed by atoms with Gasteiger partial charge in [0.15, 0.2) is 0 Å². The minimum atomic E-state index is -0.0219. The summed E-state index contributed by atoms with van der Waals surface area (Å²) in [5.41, 5.74) is 2.39. The lowest BCUT2D eigenvalue weighted by Gasteiger charge is -2.31. The number of hydrogen-bond donors (Lipinski definition) is 0. The number of benzene rings is 1. The van der Waals surface area contributed by atoms with E-state index in [4.69, 9.17) is 0 Å². The van der Waals surface area contributed by atoms with Crippen LogP contribution in [0.15, 0.2) is 43.0 Å². The van der Waals surface area contributed by atoms with E-state index in [1.807, 2.05) is 30.9 Å². The van der Waals surface area contributed by atoms with E-state index in [1.165, 1.54) is 17.2 Å². The van der Waals surface area contributed by atoms with Gasteiger partial charge in [0.2, 0.25) is 5.91 Å². The third-order valence-electron chi connectivity index (χ3n) is 3.06. The number of amides is 1. The van der Waals surface area contributed by atoms with Crippen LogP contribution in [-0.4, -0.2) is 16.8 Å². The molecule has 0 N–H and O–H groups in total. The SMILES string of the molecule is C=CC(=O)N(C(C)C)C1C=Cc2ccccc21. The van der Waals surface area contributed by atoms with Crippen molar-refractivity contribution in [1.29, 1.82) is 0 Å². The fourth-order valence-corrected chi connectivity index (χ4v) is 2.29. The van der Waals surface area contributed by atoms with E-state index in [0.29, 0.717) is 0 Å². The predicted molar refractivity (Wildman–Crippen MR) is 70.4 cm³/mol. The molecule has 0 radical (unpaired) electrons. The number of carbonyl (C=O) groups is 1. The second-order valence-electron chi connectivity index (χ2n) is 4.48. The molecular weight excluding hydrogens is 210 g/mol. The van der Waals surface area contributed by atoms with Crippen LogP contribution < -0.4 is 0 Å². The van der Waals surface area contributed by atoms with Gasteiger partial charge in [-0.15, -0.1) is 0 Å². The van der Waals surface area contributed by atoms with Gasteiger partial charge in [-0.25, -0.2) is 0 Å². The van der Waals surface area contributed by atoms with Crippen LogP contribution in [0.3, 0.4) is 0 Å². The Morgan fingerprint density at radius 2 is 2.12 bits per heavy atom. The summed E-state index contributed by atoms with van der Waals surface area (Å²) in [6.45, 7) is 7.62. The van der Waals surface area contributed by atoms with Crippen molar-refractivity contribution in [1.82, 2.24) is 4.90 Å². The number of carbonyl (C=O) groups excluding carboxylic acids is 1. The van der Waals surface area contributed by atoms with Gasteiger partial charge in [-0.3, -0.25) is 4.79 Å². The number of nitrogens with zero attached hydrogens (tertiary/aromatic N) is 1. The van der Waals surface area contributed by atoms with Gasteiger partial charge in [-0.2, -0.15) is 0 Å². The third kappa shape index (κ3) is 2.03. The summed E-state index contributed by atoms with van der Waals surface area (Å²) in [4.78, 5) is 13.8. The molecular formula is C15H17NO. The Morgan fingerprint density at radius 1 is 1.41 bits per heavy atom. The number of rotatable bonds is 3. The van der Waals surface area contributed by atoms with Crippen molar-refractivity contribution in [3.63, 3.8) is 0 Å². The molecule has 0 aliphatic heterocycles. The zero-order valence-electron chi connectivity index (χ0n) is 10.3. The molecule has 1 unspecified atom stereocenters. The van der Waals surface area contributed by atoms with Crippen LogP contribution in [0.2, 0.25) is 0 Å². The maximum atomic E-state index is 11.9. The molecule has 88 valence electrons. The van der Waals surface area contributed by atoms with E-state index in [9.17, 15) is 4.79 Å². The van der Waals surface area contributed by atoms with E-state index >= 15 is 0 Å². The lowest BCUT2D eigenvalue weighted by atomic mass is 10.0. The molecule has 2 nitrogen and oxygen atoms in total. The first-order valence-electron chi connectivity index (χ1n) is 5.87. The van der Waals surface area contributed by atoms with E-state index in [0.717, 1.165) is 0 Å². The molecule has 0 fully saturated rings. The minimum absolute atomic E-state index is 0.0219. The van der Waals surface area contributed by atoms with Crippen LogP contribution in [-0.2, 0) is 4.79 Å². The average molecular weight is 227 g/mol. The zero-order valence-corrected chi connectivity index (χ0v) is 10.3. The van der Waals surface area contributed by atoms with E-state index < -0.39 is 0 Å². The lowest BCUT2D eigenvalue weighted by molar-refractivity contribution is -0.129. The summed E-state index contributed by atoms with van der Waals surface area (Å²) in [5, 5.41) is 0. The largest absolute Gasteiger partial charge is 0.326 e. The first kappa shape index (κ1) is 11.6. The summed E-state index contributed by atoms with van der Waals surface area (Å²) in [5.74, 6) is -0.0219. The Morgan fingerprint density at radius 3 is 2.76 bits per heavy atom. The lowest BCUT2D eigenvalue weighted by Crippen LogP contribution is -2.37. The fraction of sp³-hybridized carbons (Fsp3) is 0.267. The molecule has 0 spiro atoms. The van der Waals surface area contributed by atoms with E-state index in [2.05, 4.69) is 30.9 Å². The van der Waals surface area contributed by atoms with Gasteiger partial charge in [0.25, 0.3) is 0 Å². The second kappa shape index (κ2) is 4.58. The van der Waals surface area contributed by atoms with Crippen LogP contribution in [0, 0.1) is 0 Å². The highest BCUT2D eigenvalue weighted by atomic mass is 16.2. The summed E-state index contributed by atoms with van der Waals surface area (Å²) >= 11 is 0. The van der Waals surface area contributed by atoms with Crippen molar-refractivity contribution in [2.75, 3.05) is 0 Å². The van der Waals surface area contributed by atoms with Crippen LogP contribution in [0.5, 0.6) is 0 Å². The Balaban J connectivity index is 2.38. The van der Waals surface area contributed by atoms with Crippen LogP contribution in [0.25, 0.3) is 6.08 Å². The first-order chi connectivity index (χ1) is 8.15. The van der Waals surface area contributed by atoms with Gasteiger partial charge >= 0.3 is 0 Å². The molecule has 1 atom stereocenters. The molecule has 0 aromatic heterocycles. The Kier molecular flexibility index (Phi) is 3.14. The van der Waals surface area contributed by atoms with Crippen molar-refractivity contribution in [2.45, 2.75) is 25.9 Å². The van der Waals surface area contributed by atoms with Crippen molar-refractivity contribution < 1.29 is 4.79 Å². The highest BCUT2D eigenvalue weighted by Gasteiger charge is 2.27. The predicted octanol–water partition coefficient (Wildman–Crippen LogP) is 3.18. The molecule has 1 aliphatic carbocycles. The van der Waals surface area contributed by atoms with Crippen molar-refractivity contribution in [2.24, 2.45) is 0 Å². The minimum Gasteiger partial charge on any atom is -0.326 e. The van der Waals surface area contributed by atoms with Gasteiger partial charge < -0.3 is 4.90 Å². The van der Waals surface area contributed by atoms with Gasteiger partial charge in [0.1, 0.15) is 0 Å². The normalized spacial score (nSPS) is 17.0. The van der Waals surface area contributed by atoms with Crippen LogP contribution in [0.4, 0.5) is 0 Å². The first-order valence-corrected chi connectivity index (χ1v) is 5.87. The highest BCUT2D eigenvalue weighted by molar-refractivity contribution is 5.88. The topological polar surface area (TPSA) is 20.3 Å². The average Bonchev–Trinajstić information content (AvgIpc) is 2.73. The molecule has 0 saturated heterocycles. The van der Waals surface area contributed by atoms with Crippen molar-refractivity contribution in [3.8, 4) is 0 Å². The summed E-state index contributed by atoms with van der Waals surface area (Å²) < 4.78 is 0. The van der Waals surface area contributed by atoms with Crippen LogP contribution in [0.1, 0.15) is 31.0 Å². The number of fused-ring (bicyclic) bond motifs is 1. The molecule has 1 aliphatic rings. The number of hydrogen-bond acceptors (Lipinski definition) is 1. The summed E-state index contributed by atoms with van der Waals surface area (Å²) in [6.07, 6.45) is 5.53. The Labute approximate surface area is 102 Å². The van der Waals surface area contributed by atoms with Crippen molar-refractivity contribution in [3.05, 3.63) is 54.1 Å². The van der Waals surface area contributed by atoms with E-state index in [1.54, 1.807) is 0 Å².